The highest BCUT2D eigenvalue weighted by Gasteiger charge is 2.19. The minimum absolute atomic E-state index is 0.0678. The molecule has 1 aromatic carbocycles. The Morgan fingerprint density at radius 2 is 2.00 bits per heavy atom. The highest BCUT2D eigenvalue weighted by atomic mass is 16.5. The third-order valence-corrected chi connectivity index (χ3v) is 3.25. The number of hydrogen-bond donors (Lipinski definition) is 1. The van der Waals surface area contributed by atoms with Gasteiger partial charge < -0.3 is 14.8 Å². The summed E-state index contributed by atoms with van der Waals surface area (Å²) in [6.45, 7) is 4.76. The van der Waals surface area contributed by atoms with Gasteiger partial charge in [-0.3, -0.25) is 0 Å². The van der Waals surface area contributed by atoms with E-state index >= 15 is 0 Å². The number of benzene rings is 1. The van der Waals surface area contributed by atoms with Crippen LogP contribution < -0.4 is 14.8 Å². The van der Waals surface area contributed by atoms with Crippen LogP contribution in [0, 0.1) is 6.92 Å². The van der Waals surface area contributed by atoms with Crippen molar-refractivity contribution in [2.24, 2.45) is 0 Å². The monoisotopic (exact) mass is 287 g/mol. The van der Waals surface area contributed by atoms with Gasteiger partial charge in [-0.05, 0) is 37.7 Å². The third-order valence-electron chi connectivity index (χ3n) is 3.25. The lowest BCUT2D eigenvalue weighted by Gasteiger charge is -2.21. The molecular formula is C16H21N3O2. The first-order valence-corrected chi connectivity index (χ1v) is 6.94. The van der Waals surface area contributed by atoms with E-state index in [1.165, 1.54) is 0 Å². The molecule has 0 fully saturated rings. The summed E-state index contributed by atoms with van der Waals surface area (Å²) in [7, 11) is 3.32. The number of aromatic nitrogens is 2. The van der Waals surface area contributed by atoms with Gasteiger partial charge in [0.2, 0.25) is 0 Å². The van der Waals surface area contributed by atoms with Gasteiger partial charge >= 0.3 is 0 Å². The number of aryl methyl sites for hydroxylation is 1. The van der Waals surface area contributed by atoms with E-state index in [1.807, 2.05) is 31.2 Å². The molecule has 112 valence electrons. The molecule has 0 aliphatic heterocycles. The molecule has 1 atom stereocenters. The summed E-state index contributed by atoms with van der Waals surface area (Å²) in [5.74, 6) is 2.34. The molecule has 0 saturated heterocycles. The highest BCUT2D eigenvalue weighted by Crippen LogP contribution is 2.32. The fourth-order valence-electron chi connectivity index (χ4n) is 2.28. The normalized spacial score (nSPS) is 12.0. The van der Waals surface area contributed by atoms with E-state index in [4.69, 9.17) is 9.47 Å². The summed E-state index contributed by atoms with van der Waals surface area (Å²) < 4.78 is 10.8. The van der Waals surface area contributed by atoms with E-state index in [2.05, 4.69) is 22.2 Å². The van der Waals surface area contributed by atoms with Gasteiger partial charge in [-0.15, -0.1) is 0 Å². The second-order valence-electron chi connectivity index (χ2n) is 4.63. The van der Waals surface area contributed by atoms with Crippen molar-refractivity contribution in [3.63, 3.8) is 0 Å². The number of nitrogens with zero attached hydrogens (tertiary/aromatic N) is 2. The quantitative estimate of drug-likeness (QED) is 0.884. The van der Waals surface area contributed by atoms with E-state index in [9.17, 15) is 0 Å². The minimum atomic E-state index is -0.0678. The summed E-state index contributed by atoms with van der Waals surface area (Å²) in [6, 6.07) is 7.62. The van der Waals surface area contributed by atoms with Crippen molar-refractivity contribution in [2.75, 3.05) is 20.8 Å². The van der Waals surface area contributed by atoms with Crippen LogP contribution in [0.2, 0.25) is 0 Å². The van der Waals surface area contributed by atoms with Crippen LogP contribution in [0.5, 0.6) is 11.5 Å². The first-order chi connectivity index (χ1) is 10.2. The number of rotatable bonds is 6. The lowest BCUT2D eigenvalue weighted by atomic mass is 10.0. The van der Waals surface area contributed by atoms with Gasteiger partial charge in [-0.25, -0.2) is 9.97 Å². The number of nitrogens with one attached hydrogen (secondary N) is 1. The van der Waals surface area contributed by atoms with Gasteiger partial charge in [0.1, 0.15) is 17.3 Å². The average molecular weight is 287 g/mol. The van der Waals surface area contributed by atoms with Gasteiger partial charge in [0.25, 0.3) is 0 Å². The molecule has 1 unspecified atom stereocenters. The van der Waals surface area contributed by atoms with Crippen molar-refractivity contribution in [1.82, 2.24) is 15.3 Å². The topological polar surface area (TPSA) is 56.3 Å². The van der Waals surface area contributed by atoms with E-state index in [0.29, 0.717) is 0 Å². The van der Waals surface area contributed by atoms with Crippen LogP contribution in [0.15, 0.2) is 30.5 Å². The summed E-state index contributed by atoms with van der Waals surface area (Å²) in [5.41, 5.74) is 1.91. The van der Waals surface area contributed by atoms with Crippen LogP contribution in [0.3, 0.4) is 0 Å². The van der Waals surface area contributed by atoms with Gasteiger partial charge in [0, 0.05) is 11.8 Å². The SMILES string of the molecule is CCNC(c1ccnc(C)n1)c1cc(OC)ccc1OC. The molecule has 21 heavy (non-hydrogen) atoms. The predicted molar refractivity (Wildman–Crippen MR) is 81.8 cm³/mol. The molecule has 0 aliphatic carbocycles. The Balaban J connectivity index is 2.51. The Hall–Kier alpha value is -2.14. The molecule has 0 radical (unpaired) electrons. The zero-order valence-corrected chi connectivity index (χ0v) is 12.9. The molecule has 1 aromatic heterocycles. The lowest BCUT2D eigenvalue weighted by molar-refractivity contribution is 0.393. The Morgan fingerprint density at radius 3 is 2.62 bits per heavy atom. The van der Waals surface area contributed by atoms with Gasteiger partial charge in [0.05, 0.1) is 26.0 Å². The van der Waals surface area contributed by atoms with Crippen LogP contribution in [0.1, 0.15) is 30.0 Å². The van der Waals surface area contributed by atoms with Gasteiger partial charge in [-0.2, -0.15) is 0 Å². The summed E-state index contributed by atoms with van der Waals surface area (Å²) in [5, 5.41) is 3.44. The van der Waals surface area contributed by atoms with Crippen LogP contribution in [-0.4, -0.2) is 30.7 Å². The van der Waals surface area contributed by atoms with E-state index in [0.717, 1.165) is 35.1 Å². The zero-order chi connectivity index (χ0) is 15.2. The fraction of sp³-hybridized carbons (Fsp3) is 0.375. The van der Waals surface area contributed by atoms with Crippen molar-refractivity contribution in [2.45, 2.75) is 19.9 Å². The predicted octanol–water partition coefficient (Wildman–Crippen LogP) is 2.50. The second-order valence-corrected chi connectivity index (χ2v) is 4.63. The largest absolute Gasteiger partial charge is 0.497 e. The molecule has 5 heteroatoms. The van der Waals surface area contributed by atoms with Crippen molar-refractivity contribution < 1.29 is 9.47 Å². The first kappa shape index (κ1) is 15.3. The zero-order valence-electron chi connectivity index (χ0n) is 12.9. The molecular weight excluding hydrogens is 266 g/mol. The summed E-state index contributed by atoms with van der Waals surface area (Å²) in [6.07, 6.45) is 1.77. The van der Waals surface area contributed by atoms with Crippen molar-refractivity contribution in [3.05, 3.63) is 47.5 Å². The van der Waals surface area contributed by atoms with Crippen LogP contribution in [0.4, 0.5) is 0 Å². The Morgan fingerprint density at radius 1 is 1.19 bits per heavy atom. The van der Waals surface area contributed by atoms with Crippen molar-refractivity contribution >= 4 is 0 Å². The van der Waals surface area contributed by atoms with E-state index < -0.39 is 0 Å². The second kappa shape index (κ2) is 7.04. The van der Waals surface area contributed by atoms with Gasteiger partial charge in [0.15, 0.2) is 0 Å². The molecule has 1 heterocycles. The molecule has 0 aliphatic rings. The Kier molecular flexibility index (Phi) is 5.11. The van der Waals surface area contributed by atoms with Gasteiger partial charge in [-0.1, -0.05) is 6.92 Å². The Bertz CT molecular complexity index is 602. The maximum atomic E-state index is 5.48. The molecule has 0 bridgehead atoms. The molecule has 5 nitrogen and oxygen atoms in total. The van der Waals surface area contributed by atoms with Crippen molar-refractivity contribution in [3.8, 4) is 11.5 Å². The van der Waals surface area contributed by atoms with E-state index in [1.54, 1.807) is 20.4 Å². The smallest absolute Gasteiger partial charge is 0.125 e. The Labute approximate surface area is 125 Å². The maximum Gasteiger partial charge on any atom is 0.125 e. The molecule has 0 spiro atoms. The van der Waals surface area contributed by atoms with Crippen LogP contribution >= 0.6 is 0 Å². The van der Waals surface area contributed by atoms with E-state index in [-0.39, 0.29) is 6.04 Å². The highest BCUT2D eigenvalue weighted by molar-refractivity contribution is 5.45. The minimum Gasteiger partial charge on any atom is -0.497 e. The molecule has 0 saturated carbocycles. The summed E-state index contributed by atoms with van der Waals surface area (Å²) in [4.78, 5) is 8.69. The standard InChI is InChI=1S/C16H21N3O2/c1-5-17-16(14-8-9-18-11(2)19-14)13-10-12(20-3)6-7-15(13)21-4/h6-10,16-17H,5H2,1-4H3. The lowest BCUT2D eigenvalue weighted by Crippen LogP contribution is -2.24. The molecule has 0 amide bonds. The molecule has 2 aromatic rings. The number of methoxy groups -OCH3 is 2. The fourth-order valence-corrected chi connectivity index (χ4v) is 2.28. The van der Waals surface area contributed by atoms with Crippen LogP contribution in [0.25, 0.3) is 0 Å². The number of hydrogen-bond acceptors (Lipinski definition) is 5. The third kappa shape index (κ3) is 3.49. The average Bonchev–Trinajstić information content (AvgIpc) is 2.52. The van der Waals surface area contributed by atoms with Crippen LogP contribution in [-0.2, 0) is 0 Å². The molecule has 2 rings (SSSR count). The van der Waals surface area contributed by atoms with Crippen molar-refractivity contribution in [1.29, 1.82) is 0 Å². The maximum absolute atomic E-state index is 5.48. The number of ether oxygens (including phenoxy) is 2. The molecule has 1 N–H and O–H groups in total. The summed E-state index contributed by atoms with van der Waals surface area (Å²) >= 11 is 0. The first-order valence-electron chi connectivity index (χ1n) is 6.94.